The number of isothiocyanates is 1. The summed E-state index contributed by atoms with van der Waals surface area (Å²) in [6.07, 6.45) is -0.307. The van der Waals surface area contributed by atoms with Crippen LogP contribution in [0.25, 0.3) is 0 Å². The average Bonchev–Trinajstić information content (AvgIpc) is 2.19. The smallest absolute Gasteiger partial charge is 0.183 e. The van der Waals surface area contributed by atoms with Gasteiger partial charge in [-0.05, 0) is 26.1 Å². The minimum atomic E-state index is -0.307. The Balaban J connectivity index is 2.87. The summed E-state index contributed by atoms with van der Waals surface area (Å²) in [6, 6.07) is 8.04. The van der Waals surface area contributed by atoms with Crippen molar-refractivity contribution in [1.29, 1.82) is 0 Å². The lowest BCUT2D eigenvalue weighted by molar-refractivity contribution is 0.0700. The van der Waals surface area contributed by atoms with E-state index in [9.17, 15) is 0 Å². The first kappa shape index (κ1) is 11.1. The van der Waals surface area contributed by atoms with E-state index in [0.29, 0.717) is 6.61 Å². The molecule has 0 amide bonds. The summed E-state index contributed by atoms with van der Waals surface area (Å²) in [6.45, 7) is 4.58. The van der Waals surface area contributed by atoms with Gasteiger partial charge < -0.3 is 4.74 Å². The normalized spacial score (nSPS) is 11.9. The number of aliphatic imine (C=N–C) groups is 1. The van der Waals surface area contributed by atoms with Crippen LogP contribution in [0.5, 0.6) is 0 Å². The van der Waals surface area contributed by atoms with E-state index in [1.807, 2.05) is 38.1 Å². The lowest BCUT2D eigenvalue weighted by Crippen LogP contribution is -2.00. The second-order valence-corrected chi connectivity index (χ2v) is 3.12. The van der Waals surface area contributed by atoms with Gasteiger partial charge in [-0.3, -0.25) is 0 Å². The standard InChI is InChI=1S/C11H13NOS/c1-3-13-11(12-8-14)10-6-4-9(2)5-7-10/h4-7,11H,3H2,1-2H3. The fourth-order valence-electron chi connectivity index (χ4n) is 1.14. The Labute approximate surface area is 89.6 Å². The average molecular weight is 207 g/mol. The summed E-state index contributed by atoms with van der Waals surface area (Å²) in [4.78, 5) is 3.96. The predicted octanol–water partition coefficient (Wildman–Crippen LogP) is 3.13. The molecule has 0 heterocycles. The summed E-state index contributed by atoms with van der Waals surface area (Å²) < 4.78 is 5.41. The van der Waals surface area contributed by atoms with Crippen LogP contribution in [0.3, 0.4) is 0 Å². The first-order valence-electron chi connectivity index (χ1n) is 4.53. The third kappa shape index (κ3) is 3.04. The molecule has 2 nitrogen and oxygen atoms in total. The van der Waals surface area contributed by atoms with Crippen LogP contribution >= 0.6 is 12.2 Å². The van der Waals surface area contributed by atoms with Crippen LogP contribution in [-0.2, 0) is 4.74 Å². The van der Waals surface area contributed by atoms with Gasteiger partial charge in [-0.25, -0.2) is 0 Å². The van der Waals surface area contributed by atoms with E-state index in [-0.39, 0.29) is 6.23 Å². The first-order valence-corrected chi connectivity index (χ1v) is 4.94. The number of nitrogens with zero attached hydrogens (tertiary/aromatic N) is 1. The summed E-state index contributed by atoms with van der Waals surface area (Å²) in [7, 11) is 0. The number of thiocarbonyl (C=S) groups is 1. The van der Waals surface area contributed by atoms with Gasteiger partial charge in [0.25, 0.3) is 0 Å². The molecule has 0 saturated heterocycles. The minimum Gasteiger partial charge on any atom is -0.352 e. The summed E-state index contributed by atoms with van der Waals surface area (Å²) in [5.41, 5.74) is 2.23. The summed E-state index contributed by atoms with van der Waals surface area (Å²) >= 11 is 4.57. The molecule has 0 spiro atoms. The lowest BCUT2D eigenvalue weighted by atomic mass is 10.1. The van der Waals surface area contributed by atoms with E-state index in [1.165, 1.54) is 5.56 Å². The molecule has 0 aliphatic carbocycles. The van der Waals surface area contributed by atoms with E-state index in [2.05, 4.69) is 22.4 Å². The molecule has 0 bridgehead atoms. The fraction of sp³-hybridized carbons (Fsp3) is 0.364. The van der Waals surface area contributed by atoms with Gasteiger partial charge in [0.05, 0.1) is 5.16 Å². The third-order valence-electron chi connectivity index (χ3n) is 1.86. The van der Waals surface area contributed by atoms with Gasteiger partial charge in [-0.15, -0.1) is 0 Å². The molecule has 0 aliphatic rings. The van der Waals surface area contributed by atoms with Crippen LogP contribution < -0.4 is 0 Å². The van der Waals surface area contributed by atoms with Crippen LogP contribution in [0.4, 0.5) is 0 Å². The zero-order valence-electron chi connectivity index (χ0n) is 8.36. The van der Waals surface area contributed by atoms with E-state index in [0.717, 1.165) is 5.56 Å². The SMILES string of the molecule is CCOC(N=C=S)c1ccc(C)cc1. The zero-order chi connectivity index (χ0) is 10.4. The molecule has 14 heavy (non-hydrogen) atoms. The number of ether oxygens (including phenoxy) is 1. The highest BCUT2D eigenvalue weighted by atomic mass is 32.1. The Morgan fingerprint density at radius 1 is 1.43 bits per heavy atom. The van der Waals surface area contributed by atoms with Crippen LogP contribution in [0.1, 0.15) is 24.3 Å². The molecule has 0 aliphatic heterocycles. The van der Waals surface area contributed by atoms with Gasteiger partial charge in [-0.1, -0.05) is 29.8 Å². The molecule has 1 rings (SSSR count). The molecule has 1 atom stereocenters. The van der Waals surface area contributed by atoms with Gasteiger partial charge in [0.15, 0.2) is 6.23 Å². The highest BCUT2D eigenvalue weighted by Gasteiger charge is 2.07. The van der Waals surface area contributed by atoms with Gasteiger partial charge in [0.1, 0.15) is 0 Å². The van der Waals surface area contributed by atoms with Crippen LogP contribution in [0.2, 0.25) is 0 Å². The van der Waals surface area contributed by atoms with Crippen LogP contribution in [0, 0.1) is 6.92 Å². The largest absolute Gasteiger partial charge is 0.352 e. The molecule has 74 valence electrons. The quantitative estimate of drug-likeness (QED) is 0.559. The molecule has 0 radical (unpaired) electrons. The molecule has 0 aromatic heterocycles. The Morgan fingerprint density at radius 2 is 2.07 bits per heavy atom. The molecule has 1 unspecified atom stereocenters. The van der Waals surface area contributed by atoms with Gasteiger partial charge in [-0.2, -0.15) is 4.99 Å². The van der Waals surface area contributed by atoms with E-state index in [1.54, 1.807) is 0 Å². The highest BCUT2D eigenvalue weighted by molar-refractivity contribution is 7.78. The van der Waals surface area contributed by atoms with Crippen molar-refractivity contribution >= 4 is 17.4 Å². The number of hydrogen-bond donors (Lipinski definition) is 0. The first-order chi connectivity index (χ1) is 6.77. The lowest BCUT2D eigenvalue weighted by Gasteiger charge is -2.11. The predicted molar refractivity (Wildman–Crippen MR) is 60.6 cm³/mol. The molecule has 1 aromatic carbocycles. The molecular formula is C11H13NOS. The van der Waals surface area contributed by atoms with Crippen molar-refractivity contribution in [2.24, 2.45) is 4.99 Å². The molecule has 0 saturated carbocycles. The number of benzene rings is 1. The van der Waals surface area contributed by atoms with Crippen molar-refractivity contribution < 1.29 is 4.74 Å². The van der Waals surface area contributed by atoms with Crippen molar-refractivity contribution in [2.45, 2.75) is 20.1 Å². The summed E-state index contributed by atoms with van der Waals surface area (Å²) in [5.74, 6) is 0. The second kappa shape index (κ2) is 5.66. The number of rotatable bonds is 4. The molecule has 1 aromatic rings. The van der Waals surface area contributed by atoms with E-state index < -0.39 is 0 Å². The highest BCUT2D eigenvalue weighted by Crippen LogP contribution is 2.18. The summed E-state index contributed by atoms with van der Waals surface area (Å²) in [5, 5.41) is 2.35. The van der Waals surface area contributed by atoms with Gasteiger partial charge >= 0.3 is 0 Å². The monoisotopic (exact) mass is 207 g/mol. The number of hydrogen-bond acceptors (Lipinski definition) is 3. The van der Waals surface area contributed by atoms with Crippen molar-refractivity contribution in [2.75, 3.05) is 6.61 Å². The van der Waals surface area contributed by atoms with E-state index in [4.69, 9.17) is 4.74 Å². The van der Waals surface area contributed by atoms with Crippen LogP contribution in [0.15, 0.2) is 29.3 Å². The second-order valence-electron chi connectivity index (χ2n) is 2.94. The number of aryl methyl sites for hydroxylation is 1. The van der Waals surface area contributed by atoms with Gasteiger partial charge in [0.2, 0.25) is 0 Å². The maximum absolute atomic E-state index is 5.41. The van der Waals surface area contributed by atoms with E-state index >= 15 is 0 Å². The zero-order valence-corrected chi connectivity index (χ0v) is 9.17. The van der Waals surface area contributed by atoms with Gasteiger partial charge in [0, 0.05) is 12.2 Å². The Morgan fingerprint density at radius 3 is 2.57 bits per heavy atom. The maximum atomic E-state index is 5.41. The minimum absolute atomic E-state index is 0.307. The Kier molecular flexibility index (Phi) is 4.47. The maximum Gasteiger partial charge on any atom is 0.183 e. The third-order valence-corrected chi connectivity index (χ3v) is 1.96. The van der Waals surface area contributed by atoms with Crippen LogP contribution in [-0.4, -0.2) is 11.8 Å². The molecule has 0 fully saturated rings. The topological polar surface area (TPSA) is 21.6 Å². The fourth-order valence-corrected chi connectivity index (χ4v) is 1.24. The molecule has 3 heteroatoms. The molecule has 0 N–H and O–H groups in total. The Bertz CT molecular complexity index is 328. The molecular weight excluding hydrogens is 194 g/mol. The Hall–Kier alpha value is -1.02. The van der Waals surface area contributed by atoms with Crippen molar-refractivity contribution in [3.8, 4) is 0 Å². The van der Waals surface area contributed by atoms with Crippen molar-refractivity contribution in [1.82, 2.24) is 0 Å². The van der Waals surface area contributed by atoms with Crippen molar-refractivity contribution in [3.63, 3.8) is 0 Å². The van der Waals surface area contributed by atoms with Crippen molar-refractivity contribution in [3.05, 3.63) is 35.4 Å².